The molecule has 0 bridgehead atoms. The summed E-state index contributed by atoms with van der Waals surface area (Å²) in [5, 5.41) is 3.62. The van der Waals surface area contributed by atoms with Crippen molar-refractivity contribution < 1.29 is 71.3 Å². The van der Waals surface area contributed by atoms with Crippen LogP contribution in [0.3, 0.4) is 0 Å². The van der Waals surface area contributed by atoms with Crippen LogP contribution in [0.4, 0.5) is 4.79 Å². The van der Waals surface area contributed by atoms with Gasteiger partial charge in [-0.05, 0) is 93.3 Å². The summed E-state index contributed by atoms with van der Waals surface area (Å²) in [5.41, 5.74) is 4.95. The maximum Gasteiger partial charge on any atom is 0.410 e. The molecule has 11 unspecified atom stereocenters. The summed E-state index contributed by atoms with van der Waals surface area (Å²) in [6.45, 7) is 21.0. The Hall–Kier alpha value is -3.62. The van der Waals surface area contributed by atoms with Crippen molar-refractivity contribution in [2.45, 2.75) is 206 Å². The van der Waals surface area contributed by atoms with Crippen LogP contribution in [0.5, 0.6) is 0 Å². The number of cyclic esters (lactones) is 1. The summed E-state index contributed by atoms with van der Waals surface area (Å²) >= 11 is 0. The number of unbranched alkanes of at least 4 members (excludes halogenated alkanes) is 1. The zero-order valence-electron chi connectivity index (χ0n) is 42.7. The van der Waals surface area contributed by atoms with Crippen molar-refractivity contribution in [1.82, 2.24) is 9.80 Å². The van der Waals surface area contributed by atoms with Gasteiger partial charge in [0.25, 0.3) is 0 Å². The van der Waals surface area contributed by atoms with Gasteiger partial charge in [-0.3, -0.25) is 19.2 Å². The van der Waals surface area contributed by atoms with Crippen LogP contribution in [0, 0.1) is 23.7 Å². The van der Waals surface area contributed by atoms with E-state index < -0.39 is 120 Å². The standard InChI is InChI=1S/C47H79N5O15/c1-17-34-47(12)39(52(44(57)67-47)21-19-18-20-49-50-48)27(4)36(55)25(2)23-45(10,58-15)40(66-43-38(62-31(8)53)33(51(13)14)22-26(3)60-43)28(5)37(29(6)42(56)64-34)65-35-24-46(11,59-16)41(30(7)61-35)63-32(9)54/h25-30,33-35,37-41,43H,17-24H2,1-16H3/t25-,26?,27+,28?,29?,30?,33?,34?,35?,37+,38?,39-,40-,41?,43?,45+,46?,47-/m1/s1. The second kappa shape index (κ2) is 23.3. The minimum atomic E-state index is -1.47. The van der Waals surface area contributed by atoms with E-state index >= 15 is 4.79 Å². The predicted molar refractivity (Wildman–Crippen MR) is 242 cm³/mol. The summed E-state index contributed by atoms with van der Waals surface area (Å²) in [6.07, 6.45) is -6.79. The maximum atomic E-state index is 15.0. The van der Waals surface area contributed by atoms with Gasteiger partial charge in [-0.2, -0.15) is 0 Å². The molecular formula is C47H79N5O15. The first-order valence-electron chi connectivity index (χ1n) is 23.8. The number of hydrogen-bond donors (Lipinski definition) is 0. The smallest absolute Gasteiger partial charge is 0.410 e. The Bertz CT molecular complexity index is 1780. The fraction of sp³-hybridized carbons (Fsp3) is 0.894. The normalized spacial score (nSPS) is 41.1. The van der Waals surface area contributed by atoms with Gasteiger partial charge in [-0.25, -0.2) is 4.79 Å². The number of likely N-dealkylation sites (N-methyl/N-ethyl adjacent to an activating group) is 1. The van der Waals surface area contributed by atoms with Crippen LogP contribution < -0.4 is 0 Å². The van der Waals surface area contributed by atoms with Gasteiger partial charge >= 0.3 is 24.0 Å². The van der Waals surface area contributed by atoms with Gasteiger partial charge in [0.2, 0.25) is 0 Å². The number of methoxy groups -OCH3 is 2. The lowest BCUT2D eigenvalue weighted by atomic mass is 9.73. The molecule has 0 aromatic heterocycles. The van der Waals surface area contributed by atoms with Crippen LogP contribution in [-0.2, 0) is 66.5 Å². The third-order valence-corrected chi connectivity index (χ3v) is 14.6. The second-order valence-corrected chi connectivity index (χ2v) is 20.0. The Morgan fingerprint density at radius 1 is 0.866 bits per heavy atom. The van der Waals surface area contributed by atoms with Crippen molar-refractivity contribution in [1.29, 1.82) is 0 Å². The highest BCUT2D eigenvalue weighted by Gasteiger charge is 2.61. The molecule has 382 valence electrons. The number of esters is 3. The van der Waals surface area contributed by atoms with Gasteiger partial charge in [-0.1, -0.05) is 32.8 Å². The number of hydrogen-bond acceptors (Lipinski definition) is 17. The quantitative estimate of drug-likeness (QED) is 0.0448. The molecule has 20 nitrogen and oxygen atoms in total. The van der Waals surface area contributed by atoms with Gasteiger partial charge in [0.15, 0.2) is 30.4 Å². The van der Waals surface area contributed by atoms with Crippen molar-refractivity contribution in [2.75, 3.05) is 41.4 Å². The summed E-state index contributed by atoms with van der Waals surface area (Å²) in [5.74, 6) is -5.29. The molecule has 0 aromatic rings. The Morgan fingerprint density at radius 2 is 1.49 bits per heavy atom. The Morgan fingerprint density at radius 3 is 2.06 bits per heavy atom. The molecule has 20 heteroatoms. The number of ketones is 1. The molecular weight excluding hydrogens is 875 g/mol. The lowest BCUT2D eigenvalue weighted by molar-refractivity contribution is -0.320. The van der Waals surface area contributed by atoms with Gasteiger partial charge in [-0.15, -0.1) is 0 Å². The largest absolute Gasteiger partial charge is 0.458 e. The number of carbonyl (C=O) groups is 5. The highest BCUT2D eigenvalue weighted by molar-refractivity contribution is 5.85. The molecule has 0 aliphatic carbocycles. The number of carbonyl (C=O) groups excluding carboxylic acids is 5. The first-order chi connectivity index (χ1) is 31.3. The zero-order valence-corrected chi connectivity index (χ0v) is 42.7. The monoisotopic (exact) mass is 954 g/mol. The first-order valence-corrected chi connectivity index (χ1v) is 23.8. The van der Waals surface area contributed by atoms with Gasteiger partial charge < -0.3 is 57.2 Å². The fourth-order valence-electron chi connectivity index (χ4n) is 11.1. The molecule has 4 aliphatic rings. The van der Waals surface area contributed by atoms with Crippen molar-refractivity contribution in [3.8, 4) is 0 Å². The highest BCUT2D eigenvalue weighted by atomic mass is 16.7. The average Bonchev–Trinajstić information content (AvgIpc) is 3.52. The molecule has 4 saturated heterocycles. The number of azide groups is 1. The minimum Gasteiger partial charge on any atom is -0.458 e. The molecule has 67 heavy (non-hydrogen) atoms. The van der Waals surface area contributed by atoms with Crippen LogP contribution in [0.25, 0.3) is 10.4 Å². The SMILES string of the molecule is CCC1OC(=O)C(C)[C@@H](OC2CC(C)(OC)C(OC(C)=O)C(C)O2)C(C)[C@@H](OC2OC(C)CC(N(C)C)C2OC(C)=O)[C@@](C)(OC)C[C@@H](C)C(=O)[C@H](C)[C@H]2N(CCCCN=[N+]=[N-])C(=O)O[C@]12C. The zero-order chi connectivity index (χ0) is 50.3. The van der Waals surface area contributed by atoms with Gasteiger partial charge in [0.05, 0.1) is 48.0 Å². The Labute approximate surface area is 396 Å². The fourth-order valence-corrected chi connectivity index (χ4v) is 11.1. The van der Waals surface area contributed by atoms with E-state index in [9.17, 15) is 19.2 Å². The van der Waals surface area contributed by atoms with E-state index in [1.807, 2.05) is 53.6 Å². The summed E-state index contributed by atoms with van der Waals surface area (Å²) in [6, 6.07) is -1.17. The lowest BCUT2D eigenvalue weighted by Crippen LogP contribution is -2.62. The molecule has 0 aromatic carbocycles. The van der Waals surface area contributed by atoms with Crippen LogP contribution in [0.1, 0.15) is 122 Å². The highest BCUT2D eigenvalue weighted by Crippen LogP contribution is 2.45. The minimum absolute atomic E-state index is 0.0849. The third-order valence-electron chi connectivity index (χ3n) is 14.6. The van der Waals surface area contributed by atoms with Gasteiger partial charge in [0, 0.05) is 70.2 Å². The number of Topliss-reactive ketones (excluding diaryl/α,β-unsaturated/α-hetero) is 1. The number of amides is 1. The van der Waals surface area contributed by atoms with E-state index in [2.05, 4.69) is 10.0 Å². The van der Waals surface area contributed by atoms with E-state index in [1.165, 1.54) is 33.0 Å². The predicted octanol–water partition coefficient (Wildman–Crippen LogP) is 6.14. The van der Waals surface area contributed by atoms with E-state index in [1.54, 1.807) is 34.6 Å². The van der Waals surface area contributed by atoms with Crippen LogP contribution in [0.2, 0.25) is 0 Å². The number of ether oxygens (including phenoxy) is 10. The second-order valence-electron chi connectivity index (χ2n) is 20.0. The van der Waals surface area contributed by atoms with Crippen molar-refractivity contribution in [2.24, 2.45) is 28.8 Å². The number of fused-ring (bicyclic) bond motifs is 1. The third kappa shape index (κ3) is 12.6. The average molecular weight is 954 g/mol. The van der Waals surface area contributed by atoms with Crippen LogP contribution in [-0.4, -0.2) is 165 Å². The van der Waals surface area contributed by atoms with E-state index in [-0.39, 0.29) is 50.3 Å². The summed E-state index contributed by atoms with van der Waals surface area (Å²) in [4.78, 5) is 75.2. The van der Waals surface area contributed by atoms with Crippen molar-refractivity contribution in [3.05, 3.63) is 10.4 Å². The number of rotatable bonds is 15. The molecule has 0 radical (unpaired) electrons. The molecule has 0 spiro atoms. The molecule has 4 aliphatic heterocycles. The van der Waals surface area contributed by atoms with Gasteiger partial charge in [0.1, 0.15) is 17.5 Å². The summed E-state index contributed by atoms with van der Waals surface area (Å²) in [7, 11) is 6.81. The lowest BCUT2D eigenvalue weighted by Gasteiger charge is -2.50. The van der Waals surface area contributed by atoms with Crippen LogP contribution in [0.15, 0.2) is 5.11 Å². The van der Waals surface area contributed by atoms with Crippen molar-refractivity contribution in [3.63, 3.8) is 0 Å². The number of nitrogens with zero attached hydrogens (tertiary/aromatic N) is 5. The summed E-state index contributed by atoms with van der Waals surface area (Å²) < 4.78 is 63.8. The molecule has 4 heterocycles. The Kier molecular flexibility index (Phi) is 19.5. The maximum absolute atomic E-state index is 15.0. The van der Waals surface area contributed by atoms with E-state index in [0.29, 0.717) is 19.3 Å². The van der Waals surface area contributed by atoms with Crippen LogP contribution >= 0.6 is 0 Å². The molecule has 18 atom stereocenters. The molecule has 0 N–H and O–H groups in total. The molecule has 4 fully saturated rings. The topological polar surface area (TPSA) is 233 Å². The van der Waals surface area contributed by atoms with E-state index in [4.69, 9.17) is 52.9 Å². The van der Waals surface area contributed by atoms with E-state index in [0.717, 1.165) is 0 Å². The van der Waals surface area contributed by atoms with Crippen molar-refractivity contribution >= 4 is 29.8 Å². The Balaban J connectivity index is 1.93. The first kappa shape index (κ1) is 56.0. The molecule has 1 amide bonds. The molecule has 4 rings (SSSR count). The molecule has 0 saturated carbocycles.